The van der Waals surface area contributed by atoms with Crippen LogP contribution in [-0.4, -0.2) is 9.97 Å². The van der Waals surface area contributed by atoms with E-state index in [-0.39, 0.29) is 5.92 Å². The van der Waals surface area contributed by atoms with Gasteiger partial charge >= 0.3 is 0 Å². The van der Waals surface area contributed by atoms with Crippen LogP contribution in [0.25, 0.3) is 0 Å². The fourth-order valence-electron chi connectivity index (χ4n) is 1.89. The molecule has 2 aromatic rings. The largest absolute Gasteiger partial charge is 0.472 e. The van der Waals surface area contributed by atoms with E-state index < -0.39 is 0 Å². The molecule has 0 aliphatic heterocycles. The minimum Gasteiger partial charge on any atom is -0.472 e. The lowest BCUT2D eigenvalue weighted by Crippen LogP contribution is -2.14. The fourth-order valence-corrected chi connectivity index (χ4v) is 2.29. The second-order valence-electron chi connectivity index (χ2n) is 4.62. The fraction of sp³-hybridized carbons (Fsp3) is 0.286. The monoisotopic (exact) mass is 336 g/mol. The van der Waals surface area contributed by atoms with Crippen molar-refractivity contribution in [1.29, 1.82) is 0 Å². The maximum atomic E-state index is 5.83. The Hall–Kier alpha value is -1.66. The number of nitrogen functional groups attached to an aromatic ring is 1. The van der Waals surface area contributed by atoms with Crippen LogP contribution in [0.1, 0.15) is 30.9 Å². The van der Waals surface area contributed by atoms with Crippen molar-refractivity contribution < 1.29 is 4.74 Å². The number of hydrogen-bond acceptors (Lipinski definition) is 5. The number of aromatic nitrogens is 2. The summed E-state index contributed by atoms with van der Waals surface area (Å²) in [5.41, 5.74) is 4.52. The standard InChI is InChI=1S/C14H17BrN4O/c1-9(2)12-13(19-16)17-8-18-14(12)20-7-10-5-3-4-6-11(10)15/h3-6,8-9H,7,16H2,1-2H3,(H,17,18,19). The molecule has 0 saturated carbocycles. The first-order valence-corrected chi connectivity index (χ1v) is 7.10. The number of rotatable bonds is 5. The first-order chi connectivity index (χ1) is 9.63. The molecule has 0 radical (unpaired) electrons. The molecule has 1 aromatic heterocycles. The Kier molecular flexibility index (Phi) is 4.92. The van der Waals surface area contributed by atoms with Crippen molar-refractivity contribution in [2.45, 2.75) is 26.4 Å². The summed E-state index contributed by atoms with van der Waals surface area (Å²) in [6.45, 7) is 4.53. The average Bonchev–Trinajstić information content (AvgIpc) is 2.45. The molecule has 5 nitrogen and oxygen atoms in total. The third kappa shape index (κ3) is 3.26. The van der Waals surface area contributed by atoms with Crippen molar-refractivity contribution in [3.05, 3.63) is 46.2 Å². The molecule has 0 amide bonds. The third-order valence-corrected chi connectivity index (χ3v) is 3.66. The molecule has 0 atom stereocenters. The second kappa shape index (κ2) is 6.67. The van der Waals surface area contributed by atoms with Crippen LogP contribution in [0.15, 0.2) is 35.1 Å². The topological polar surface area (TPSA) is 73.1 Å². The van der Waals surface area contributed by atoms with Crippen molar-refractivity contribution in [1.82, 2.24) is 9.97 Å². The molecule has 0 aliphatic carbocycles. The molecule has 0 saturated heterocycles. The number of nitrogens with one attached hydrogen (secondary N) is 1. The Morgan fingerprint density at radius 3 is 2.70 bits per heavy atom. The van der Waals surface area contributed by atoms with E-state index in [0.717, 1.165) is 15.6 Å². The van der Waals surface area contributed by atoms with E-state index in [9.17, 15) is 0 Å². The molecule has 1 heterocycles. The predicted molar refractivity (Wildman–Crippen MR) is 82.4 cm³/mol. The van der Waals surface area contributed by atoms with E-state index in [4.69, 9.17) is 10.6 Å². The predicted octanol–water partition coefficient (Wildman–Crippen LogP) is 3.23. The minimum atomic E-state index is 0.205. The van der Waals surface area contributed by atoms with Crippen molar-refractivity contribution in [3.63, 3.8) is 0 Å². The first kappa shape index (κ1) is 14.7. The molecule has 0 unspecified atom stereocenters. The summed E-state index contributed by atoms with van der Waals surface area (Å²) in [6.07, 6.45) is 1.44. The normalized spacial score (nSPS) is 10.7. The van der Waals surface area contributed by atoms with Gasteiger partial charge in [-0.15, -0.1) is 0 Å². The van der Waals surface area contributed by atoms with Crippen LogP contribution < -0.4 is 16.0 Å². The highest BCUT2D eigenvalue weighted by Gasteiger charge is 2.16. The van der Waals surface area contributed by atoms with E-state index in [1.807, 2.05) is 38.1 Å². The SMILES string of the molecule is CC(C)c1c(NN)ncnc1OCc1ccccc1Br. The molecule has 0 fully saturated rings. The van der Waals surface area contributed by atoms with Crippen LogP contribution in [0.4, 0.5) is 5.82 Å². The third-order valence-electron chi connectivity index (χ3n) is 2.88. The number of nitrogens with two attached hydrogens (primary N) is 1. The minimum absolute atomic E-state index is 0.205. The van der Waals surface area contributed by atoms with Gasteiger partial charge in [-0.2, -0.15) is 0 Å². The highest BCUT2D eigenvalue weighted by Crippen LogP contribution is 2.30. The highest BCUT2D eigenvalue weighted by atomic mass is 79.9. The summed E-state index contributed by atoms with van der Waals surface area (Å²) < 4.78 is 6.84. The molecular formula is C14H17BrN4O. The van der Waals surface area contributed by atoms with Crippen LogP contribution in [0.2, 0.25) is 0 Å². The highest BCUT2D eigenvalue weighted by molar-refractivity contribution is 9.10. The number of benzene rings is 1. The van der Waals surface area contributed by atoms with Crippen molar-refractivity contribution in [3.8, 4) is 5.88 Å². The lowest BCUT2D eigenvalue weighted by molar-refractivity contribution is 0.288. The average molecular weight is 337 g/mol. The van der Waals surface area contributed by atoms with Crippen molar-refractivity contribution in [2.24, 2.45) is 5.84 Å². The lowest BCUT2D eigenvalue weighted by Gasteiger charge is -2.16. The summed E-state index contributed by atoms with van der Waals surface area (Å²) in [7, 11) is 0. The number of hydrogen-bond donors (Lipinski definition) is 2. The Morgan fingerprint density at radius 2 is 2.05 bits per heavy atom. The van der Waals surface area contributed by atoms with Gasteiger partial charge in [-0.3, -0.25) is 0 Å². The van der Waals surface area contributed by atoms with Gasteiger partial charge in [-0.1, -0.05) is 48.0 Å². The quantitative estimate of drug-likeness (QED) is 0.647. The molecule has 0 spiro atoms. The molecule has 3 N–H and O–H groups in total. The molecule has 0 aliphatic rings. The molecule has 1 aromatic carbocycles. The molecule has 20 heavy (non-hydrogen) atoms. The molecular weight excluding hydrogens is 320 g/mol. The zero-order chi connectivity index (χ0) is 14.5. The number of anilines is 1. The Bertz CT molecular complexity index is 589. The van der Waals surface area contributed by atoms with E-state index in [1.165, 1.54) is 6.33 Å². The Morgan fingerprint density at radius 1 is 1.30 bits per heavy atom. The van der Waals surface area contributed by atoms with Crippen molar-refractivity contribution in [2.75, 3.05) is 5.43 Å². The van der Waals surface area contributed by atoms with Gasteiger partial charge < -0.3 is 10.2 Å². The zero-order valence-electron chi connectivity index (χ0n) is 11.4. The smallest absolute Gasteiger partial charge is 0.222 e. The van der Waals surface area contributed by atoms with Gasteiger partial charge in [0.25, 0.3) is 0 Å². The van der Waals surface area contributed by atoms with Crippen LogP contribution in [0.5, 0.6) is 5.88 Å². The number of halogens is 1. The lowest BCUT2D eigenvalue weighted by atomic mass is 10.1. The maximum Gasteiger partial charge on any atom is 0.222 e. The molecule has 6 heteroatoms. The van der Waals surface area contributed by atoms with Crippen LogP contribution in [-0.2, 0) is 6.61 Å². The number of nitrogens with zero attached hydrogens (tertiary/aromatic N) is 2. The molecule has 2 rings (SSSR count). The van der Waals surface area contributed by atoms with Gasteiger partial charge in [0.1, 0.15) is 12.9 Å². The van der Waals surface area contributed by atoms with Crippen molar-refractivity contribution >= 4 is 21.7 Å². The Balaban J connectivity index is 2.24. The van der Waals surface area contributed by atoms with Gasteiger partial charge in [0.15, 0.2) is 5.82 Å². The van der Waals surface area contributed by atoms with E-state index in [2.05, 4.69) is 31.3 Å². The zero-order valence-corrected chi connectivity index (χ0v) is 13.0. The van der Waals surface area contributed by atoms with Crippen LogP contribution in [0, 0.1) is 0 Å². The van der Waals surface area contributed by atoms with Gasteiger partial charge in [0, 0.05) is 10.0 Å². The maximum absolute atomic E-state index is 5.83. The summed E-state index contributed by atoms with van der Waals surface area (Å²) in [6, 6.07) is 7.92. The van der Waals surface area contributed by atoms with Crippen LogP contribution >= 0.6 is 15.9 Å². The summed E-state index contributed by atoms with van der Waals surface area (Å²) in [4.78, 5) is 8.32. The van der Waals surface area contributed by atoms with E-state index in [1.54, 1.807) is 0 Å². The summed E-state index contributed by atoms with van der Waals surface area (Å²) in [5.74, 6) is 6.84. The number of ether oxygens (including phenoxy) is 1. The van der Waals surface area contributed by atoms with Crippen LogP contribution in [0.3, 0.4) is 0 Å². The van der Waals surface area contributed by atoms with E-state index in [0.29, 0.717) is 18.3 Å². The van der Waals surface area contributed by atoms with E-state index >= 15 is 0 Å². The van der Waals surface area contributed by atoms with Gasteiger partial charge in [-0.05, 0) is 12.0 Å². The molecule has 0 bridgehead atoms. The number of hydrazine groups is 1. The van der Waals surface area contributed by atoms with Gasteiger partial charge in [0.2, 0.25) is 5.88 Å². The summed E-state index contributed by atoms with van der Waals surface area (Å²) in [5, 5.41) is 0. The van der Waals surface area contributed by atoms with Gasteiger partial charge in [-0.25, -0.2) is 15.8 Å². The first-order valence-electron chi connectivity index (χ1n) is 6.31. The summed E-state index contributed by atoms with van der Waals surface area (Å²) >= 11 is 3.50. The van der Waals surface area contributed by atoms with Gasteiger partial charge in [0.05, 0.1) is 5.56 Å². The molecule has 106 valence electrons. The Labute approximate surface area is 126 Å². The second-order valence-corrected chi connectivity index (χ2v) is 5.47.